The molecule has 0 bridgehead atoms. The topological polar surface area (TPSA) is 0 Å². The Morgan fingerprint density at radius 2 is 0.611 bits per heavy atom. The van der Waals surface area contributed by atoms with Crippen LogP contribution in [-0.4, -0.2) is 31.2 Å². The van der Waals surface area contributed by atoms with Crippen LogP contribution in [0.15, 0.2) is 0 Å². The molecular weight excluding hydrogens is 434 g/mol. The van der Waals surface area contributed by atoms with Crippen LogP contribution in [-0.2, 0) is 0 Å². The van der Waals surface area contributed by atoms with Crippen molar-refractivity contribution in [2.45, 2.75) is 207 Å². The number of hydrogen-bond donors (Lipinski definition) is 0. The lowest BCUT2D eigenvalue weighted by Crippen LogP contribution is -2.47. The summed E-state index contributed by atoms with van der Waals surface area (Å²) in [4.78, 5) is 0. The average Bonchev–Trinajstić information content (AvgIpc) is 2.86. The van der Waals surface area contributed by atoms with Crippen LogP contribution in [0, 0.1) is 0 Å². The van der Waals surface area contributed by atoms with Gasteiger partial charge in [-0.3, -0.25) is 0 Å². The first kappa shape index (κ1) is 36.0. The first-order chi connectivity index (χ1) is 17.5. The van der Waals surface area contributed by atoms with E-state index in [0.29, 0.717) is 0 Å². The van der Waals surface area contributed by atoms with E-state index in [2.05, 4.69) is 34.9 Å². The normalized spacial score (nSPS) is 12.9. The maximum absolute atomic E-state index is 2.50. The summed E-state index contributed by atoms with van der Waals surface area (Å²) < 4.78 is 1.23. The minimum atomic E-state index is 0.819. The molecule has 36 heavy (non-hydrogen) atoms. The molecule has 0 aromatic heterocycles. The molecule has 0 heterocycles. The van der Waals surface area contributed by atoms with Gasteiger partial charge in [-0.25, -0.2) is 0 Å². The SMILES string of the molecule is CCCCCCCCCCCCCCCC[N+](C)(C)C(C)CCCCCCCCCCCCCCC. The van der Waals surface area contributed by atoms with Crippen molar-refractivity contribution in [2.75, 3.05) is 20.6 Å². The van der Waals surface area contributed by atoms with Crippen molar-refractivity contribution in [1.29, 1.82) is 0 Å². The first-order valence-electron chi connectivity index (χ1n) is 17.4. The van der Waals surface area contributed by atoms with Gasteiger partial charge in [0.1, 0.15) is 0 Å². The second kappa shape index (κ2) is 28.0. The molecule has 0 amide bonds. The van der Waals surface area contributed by atoms with Crippen LogP contribution < -0.4 is 0 Å². The van der Waals surface area contributed by atoms with Gasteiger partial charge in [0, 0.05) is 0 Å². The Kier molecular flexibility index (Phi) is 27.9. The Labute approximate surface area is 231 Å². The van der Waals surface area contributed by atoms with E-state index in [1.165, 1.54) is 191 Å². The van der Waals surface area contributed by atoms with E-state index in [-0.39, 0.29) is 0 Å². The van der Waals surface area contributed by atoms with Gasteiger partial charge in [0.15, 0.2) is 0 Å². The zero-order valence-corrected chi connectivity index (χ0v) is 26.5. The van der Waals surface area contributed by atoms with E-state index >= 15 is 0 Å². The van der Waals surface area contributed by atoms with Crippen LogP contribution in [0.5, 0.6) is 0 Å². The highest BCUT2D eigenvalue weighted by molar-refractivity contribution is 4.56. The highest BCUT2D eigenvalue weighted by Gasteiger charge is 2.22. The predicted octanol–water partition coefficient (Wildman–Crippen LogP) is 12.4. The van der Waals surface area contributed by atoms with Crippen molar-refractivity contribution in [3.05, 3.63) is 0 Å². The molecule has 1 nitrogen and oxygen atoms in total. The molecule has 1 heteroatoms. The van der Waals surface area contributed by atoms with E-state index in [1.807, 2.05) is 0 Å². The second-order valence-corrected chi connectivity index (χ2v) is 13.0. The fourth-order valence-corrected chi connectivity index (χ4v) is 5.74. The van der Waals surface area contributed by atoms with Gasteiger partial charge in [0.05, 0.1) is 26.7 Å². The third kappa shape index (κ3) is 25.6. The molecule has 0 saturated carbocycles. The van der Waals surface area contributed by atoms with Gasteiger partial charge in [-0.05, 0) is 32.6 Å². The Balaban J connectivity index is 3.42. The van der Waals surface area contributed by atoms with Gasteiger partial charge in [-0.1, -0.05) is 168 Å². The van der Waals surface area contributed by atoms with Crippen LogP contribution in [0.1, 0.15) is 201 Å². The fourth-order valence-electron chi connectivity index (χ4n) is 5.74. The number of unbranched alkanes of at least 4 members (excludes halogenated alkanes) is 25. The van der Waals surface area contributed by atoms with Gasteiger partial charge >= 0.3 is 0 Å². The third-order valence-electron chi connectivity index (χ3n) is 9.01. The molecule has 1 atom stereocenters. The molecule has 0 aliphatic heterocycles. The zero-order valence-electron chi connectivity index (χ0n) is 26.5. The lowest BCUT2D eigenvalue weighted by atomic mass is 10.0. The van der Waals surface area contributed by atoms with Crippen molar-refractivity contribution in [1.82, 2.24) is 0 Å². The van der Waals surface area contributed by atoms with Crippen molar-refractivity contribution in [3.8, 4) is 0 Å². The summed E-state index contributed by atoms with van der Waals surface area (Å²) >= 11 is 0. The first-order valence-corrected chi connectivity index (χ1v) is 17.4. The Bertz CT molecular complexity index is 401. The number of quaternary nitrogens is 1. The van der Waals surface area contributed by atoms with E-state index in [0.717, 1.165) is 6.04 Å². The Hall–Kier alpha value is -0.0400. The van der Waals surface area contributed by atoms with E-state index < -0.39 is 0 Å². The summed E-state index contributed by atoms with van der Waals surface area (Å²) in [6, 6.07) is 0.819. The molecular formula is C35H74N+. The summed E-state index contributed by atoms with van der Waals surface area (Å²) in [5, 5.41) is 0. The molecule has 0 aromatic carbocycles. The molecule has 0 aliphatic rings. The second-order valence-electron chi connectivity index (χ2n) is 13.0. The molecule has 1 unspecified atom stereocenters. The average molecular weight is 509 g/mol. The van der Waals surface area contributed by atoms with Gasteiger partial charge < -0.3 is 4.48 Å². The molecule has 0 saturated heterocycles. The smallest absolute Gasteiger partial charge is 0.0857 e. The summed E-state index contributed by atoms with van der Waals surface area (Å²) in [5.41, 5.74) is 0. The quantitative estimate of drug-likeness (QED) is 0.0668. The summed E-state index contributed by atoms with van der Waals surface area (Å²) in [6.45, 7) is 8.49. The van der Waals surface area contributed by atoms with Crippen LogP contribution >= 0.6 is 0 Å². The van der Waals surface area contributed by atoms with Crippen molar-refractivity contribution < 1.29 is 4.48 Å². The van der Waals surface area contributed by atoms with Crippen molar-refractivity contribution >= 4 is 0 Å². The van der Waals surface area contributed by atoms with Gasteiger partial charge in [-0.2, -0.15) is 0 Å². The van der Waals surface area contributed by atoms with Gasteiger partial charge in [0.25, 0.3) is 0 Å². The number of nitrogens with zero attached hydrogens (tertiary/aromatic N) is 1. The predicted molar refractivity (Wildman–Crippen MR) is 167 cm³/mol. The minimum absolute atomic E-state index is 0.819. The molecule has 0 rings (SSSR count). The standard InChI is InChI=1S/C35H74N/c1-6-8-10-12-14-16-18-20-22-24-26-28-30-32-34-36(4,5)35(3)33-31-29-27-25-23-21-19-17-15-13-11-9-7-2/h35H,6-34H2,1-5H3/q+1. The van der Waals surface area contributed by atoms with Crippen LogP contribution in [0.4, 0.5) is 0 Å². The van der Waals surface area contributed by atoms with Crippen molar-refractivity contribution in [3.63, 3.8) is 0 Å². The van der Waals surface area contributed by atoms with Gasteiger partial charge in [-0.15, -0.1) is 0 Å². The van der Waals surface area contributed by atoms with Gasteiger partial charge in [0.2, 0.25) is 0 Å². The Morgan fingerprint density at radius 1 is 0.361 bits per heavy atom. The summed E-state index contributed by atoms with van der Waals surface area (Å²) in [6.07, 6.45) is 40.8. The lowest BCUT2D eigenvalue weighted by molar-refractivity contribution is -0.913. The molecule has 0 fully saturated rings. The fraction of sp³-hybridized carbons (Fsp3) is 1.00. The molecule has 0 aromatic rings. The van der Waals surface area contributed by atoms with Crippen LogP contribution in [0.25, 0.3) is 0 Å². The number of rotatable bonds is 30. The monoisotopic (exact) mass is 509 g/mol. The summed E-state index contributed by atoms with van der Waals surface area (Å²) in [7, 11) is 4.96. The number of hydrogen-bond acceptors (Lipinski definition) is 0. The Morgan fingerprint density at radius 3 is 0.917 bits per heavy atom. The van der Waals surface area contributed by atoms with Crippen LogP contribution in [0.3, 0.4) is 0 Å². The minimum Gasteiger partial charge on any atom is -0.326 e. The molecule has 0 N–H and O–H groups in total. The molecule has 0 radical (unpaired) electrons. The molecule has 218 valence electrons. The van der Waals surface area contributed by atoms with Crippen molar-refractivity contribution in [2.24, 2.45) is 0 Å². The highest BCUT2D eigenvalue weighted by atomic mass is 15.3. The lowest BCUT2D eigenvalue weighted by Gasteiger charge is -2.36. The summed E-state index contributed by atoms with van der Waals surface area (Å²) in [5.74, 6) is 0. The third-order valence-corrected chi connectivity index (χ3v) is 9.01. The largest absolute Gasteiger partial charge is 0.326 e. The maximum atomic E-state index is 2.50. The molecule has 0 aliphatic carbocycles. The van der Waals surface area contributed by atoms with E-state index in [1.54, 1.807) is 0 Å². The van der Waals surface area contributed by atoms with E-state index in [4.69, 9.17) is 0 Å². The maximum Gasteiger partial charge on any atom is 0.0857 e. The zero-order chi connectivity index (χ0) is 26.6. The van der Waals surface area contributed by atoms with Crippen LogP contribution in [0.2, 0.25) is 0 Å². The van der Waals surface area contributed by atoms with E-state index in [9.17, 15) is 0 Å². The highest BCUT2D eigenvalue weighted by Crippen LogP contribution is 2.19. The molecule has 0 spiro atoms.